The summed E-state index contributed by atoms with van der Waals surface area (Å²) < 4.78 is 0. The first-order chi connectivity index (χ1) is 7.72. The minimum absolute atomic E-state index is 0.762. The van der Waals surface area contributed by atoms with Gasteiger partial charge in [0.15, 0.2) is 0 Å². The van der Waals surface area contributed by atoms with E-state index in [1.807, 2.05) is 25.1 Å². The molecule has 1 nitrogen and oxygen atoms in total. The maximum absolute atomic E-state index is 10.9. The highest BCUT2D eigenvalue weighted by Crippen LogP contribution is 2.25. The van der Waals surface area contributed by atoms with Crippen molar-refractivity contribution in [1.29, 1.82) is 0 Å². The van der Waals surface area contributed by atoms with Crippen molar-refractivity contribution in [2.24, 2.45) is 0 Å². The molecular formula is C15H14O. The van der Waals surface area contributed by atoms with Gasteiger partial charge in [0.05, 0.1) is 0 Å². The number of hydrogen-bond acceptors (Lipinski definition) is 1. The monoisotopic (exact) mass is 210 g/mol. The molecule has 0 heterocycles. The number of carbonyl (C=O) groups is 1. The largest absolute Gasteiger partial charge is 0.298 e. The third kappa shape index (κ3) is 1.89. The number of benzene rings is 2. The third-order valence-electron chi connectivity index (χ3n) is 2.87. The van der Waals surface area contributed by atoms with Gasteiger partial charge in [0.2, 0.25) is 0 Å². The number of hydrogen-bond donors (Lipinski definition) is 0. The molecule has 0 spiro atoms. The fraction of sp³-hybridized carbons (Fsp3) is 0.133. The lowest BCUT2D eigenvalue weighted by molar-refractivity contribution is 0.112. The Morgan fingerprint density at radius 1 is 0.938 bits per heavy atom. The summed E-state index contributed by atoms with van der Waals surface area (Å²) in [5.41, 5.74) is 5.34. The number of aldehydes is 1. The lowest BCUT2D eigenvalue weighted by Crippen LogP contribution is -1.90. The standard InChI is InChI=1S/C15H14O/c1-11-6-8-13(9-7-11)15-5-3-4-14(10-16)12(15)2/h3-10H,1-2H3. The quantitative estimate of drug-likeness (QED) is 0.689. The molecule has 2 aromatic rings. The molecule has 80 valence electrons. The lowest BCUT2D eigenvalue weighted by atomic mass is 9.96. The van der Waals surface area contributed by atoms with Gasteiger partial charge in [-0.3, -0.25) is 4.79 Å². The van der Waals surface area contributed by atoms with Crippen LogP contribution in [0.25, 0.3) is 11.1 Å². The average Bonchev–Trinajstić information content (AvgIpc) is 2.31. The van der Waals surface area contributed by atoms with Crippen LogP contribution in [0.2, 0.25) is 0 Å². The van der Waals surface area contributed by atoms with Crippen molar-refractivity contribution in [3.63, 3.8) is 0 Å². The van der Waals surface area contributed by atoms with E-state index in [1.54, 1.807) is 0 Å². The zero-order valence-corrected chi connectivity index (χ0v) is 9.53. The van der Waals surface area contributed by atoms with Gasteiger partial charge in [-0.25, -0.2) is 0 Å². The van der Waals surface area contributed by atoms with Gasteiger partial charge in [-0.1, -0.05) is 48.0 Å². The van der Waals surface area contributed by atoms with Gasteiger partial charge >= 0.3 is 0 Å². The van der Waals surface area contributed by atoms with E-state index in [0.29, 0.717) is 0 Å². The second-order valence-corrected chi connectivity index (χ2v) is 4.00. The molecule has 0 aliphatic carbocycles. The molecule has 0 atom stereocenters. The molecule has 0 saturated heterocycles. The minimum atomic E-state index is 0.762. The van der Waals surface area contributed by atoms with Crippen LogP contribution in [0.5, 0.6) is 0 Å². The molecule has 0 unspecified atom stereocenters. The maximum Gasteiger partial charge on any atom is 0.150 e. The summed E-state index contributed by atoms with van der Waals surface area (Å²) in [4.78, 5) is 10.9. The molecule has 2 rings (SSSR count). The van der Waals surface area contributed by atoms with Gasteiger partial charge < -0.3 is 0 Å². The summed E-state index contributed by atoms with van der Waals surface area (Å²) in [6, 6.07) is 14.2. The van der Waals surface area contributed by atoms with Gasteiger partial charge in [-0.05, 0) is 30.5 Å². The summed E-state index contributed by atoms with van der Waals surface area (Å²) in [5.74, 6) is 0. The van der Waals surface area contributed by atoms with Crippen LogP contribution in [0.4, 0.5) is 0 Å². The second kappa shape index (κ2) is 4.31. The summed E-state index contributed by atoms with van der Waals surface area (Å²) in [6.07, 6.45) is 0.910. The molecule has 0 N–H and O–H groups in total. The first kappa shape index (κ1) is 10.6. The maximum atomic E-state index is 10.9. The summed E-state index contributed by atoms with van der Waals surface area (Å²) in [5, 5.41) is 0. The number of rotatable bonds is 2. The molecule has 0 fully saturated rings. The van der Waals surface area contributed by atoms with E-state index >= 15 is 0 Å². The second-order valence-electron chi connectivity index (χ2n) is 4.00. The van der Waals surface area contributed by atoms with Crippen molar-refractivity contribution in [1.82, 2.24) is 0 Å². The van der Waals surface area contributed by atoms with E-state index in [1.165, 1.54) is 5.56 Å². The molecule has 0 amide bonds. The van der Waals surface area contributed by atoms with Crippen LogP contribution in [0.3, 0.4) is 0 Å². The predicted molar refractivity (Wildman–Crippen MR) is 66.7 cm³/mol. The Hall–Kier alpha value is -1.89. The highest BCUT2D eigenvalue weighted by Gasteiger charge is 2.04. The van der Waals surface area contributed by atoms with Crippen molar-refractivity contribution >= 4 is 6.29 Å². The molecule has 0 saturated carbocycles. The molecule has 0 aliphatic rings. The van der Waals surface area contributed by atoms with Gasteiger partial charge in [-0.2, -0.15) is 0 Å². The summed E-state index contributed by atoms with van der Waals surface area (Å²) in [6.45, 7) is 4.05. The van der Waals surface area contributed by atoms with E-state index in [4.69, 9.17) is 0 Å². The topological polar surface area (TPSA) is 17.1 Å². The van der Waals surface area contributed by atoms with Crippen LogP contribution >= 0.6 is 0 Å². The Morgan fingerprint density at radius 3 is 2.25 bits per heavy atom. The SMILES string of the molecule is Cc1ccc(-c2cccc(C=O)c2C)cc1. The normalized spacial score (nSPS) is 10.1. The van der Waals surface area contributed by atoms with E-state index in [-0.39, 0.29) is 0 Å². The van der Waals surface area contributed by atoms with E-state index < -0.39 is 0 Å². The van der Waals surface area contributed by atoms with Crippen molar-refractivity contribution in [2.75, 3.05) is 0 Å². The van der Waals surface area contributed by atoms with E-state index in [0.717, 1.165) is 28.5 Å². The Kier molecular flexibility index (Phi) is 2.86. The van der Waals surface area contributed by atoms with Gasteiger partial charge in [0.1, 0.15) is 6.29 Å². The minimum Gasteiger partial charge on any atom is -0.298 e. The zero-order valence-electron chi connectivity index (χ0n) is 9.53. The Morgan fingerprint density at radius 2 is 1.62 bits per heavy atom. The predicted octanol–water partition coefficient (Wildman–Crippen LogP) is 3.78. The molecule has 16 heavy (non-hydrogen) atoms. The van der Waals surface area contributed by atoms with Crippen molar-refractivity contribution in [3.8, 4) is 11.1 Å². The van der Waals surface area contributed by atoms with Crippen molar-refractivity contribution < 1.29 is 4.79 Å². The van der Waals surface area contributed by atoms with Gasteiger partial charge in [0.25, 0.3) is 0 Å². The average molecular weight is 210 g/mol. The van der Waals surface area contributed by atoms with E-state index in [9.17, 15) is 4.79 Å². The third-order valence-corrected chi connectivity index (χ3v) is 2.87. The molecule has 0 aromatic heterocycles. The Bertz CT molecular complexity index is 509. The first-order valence-electron chi connectivity index (χ1n) is 5.34. The number of aryl methyl sites for hydroxylation is 1. The zero-order chi connectivity index (χ0) is 11.5. The van der Waals surface area contributed by atoms with Crippen LogP contribution in [-0.2, 0) is 0 Å². The summed E-state index contributed by atoms with van der Waals surface area (Å²) >= 11 is 0. The Labute approximate surface area is 95.7 Å². The van der Waals surface area contributed by atoms with Crippen molar-refractivity contribution in [3.05, 3.63) is 59.2 Å². The van der Waals surface area contributed by atoms with Gasteiger partial charge in [-0.15, -0.1) is 0 Å². The molecule has 1 heteroatoms. The van der Waals surface area contributed by atoms with E-state index in [2.05, 4.69) is 31.2 Å². The molecule has 0 radical (unpaired) electrons. The van der Waals surface area contributed by atoms with Gasteiger partial charge in [0, 0.05) is 5.56 Å². The highest BCUT2D eigenvalue weighted by atomic mass is 16.1. The Balaban J connectivity index is 2.56. The molecule has 0 bridgehead atoms. The molecular weight excluding hydrogens is 196 g/mol. The molecule has 2 aromatic carbocycles. The highest BCUT2D eigenvalue weighted by molar-refractivity contribution is 5.82. The molecule has 0 aliphatic heterocycles. The fourth-order valence-electron chi connectivity index (χ4n) is 1.83. The summed E-state index contributed by atoms with van der Waals surface area (Å²) in [7, 11) is 0. The number of carbonyl (C=O) groups excluding carboxylic acids is 1. The van der Waals surface area contributed by atoms with Crippen molar-refractivity contribution in [2.45, 2.75) is 13.8 Å². The van der Waals surface area contributed by atoms with Crippen LogP contribution in [0, 0.1) is 13.8 Å². The van der Waals surface area contributed by atoms with Crippen LogP contribution in [0.1, 0.15) is 21.5 Å². The van der Waals surface area contributed by atoms with Crippen LogP contribution in [-0.4, -0.2) is 6.29 Å². The van der Waals surface area contributed by atoms with Crippen LogP contribution in [0.15, 0.2) is 42.5 Å². The van der Waals surface area contributed by atoms with Crippen LogP contribution < -0.4 is 0 Å². The smallest absolute Gasteiger partial charge is 0.150 e. The lowest BCUT2D eigenvalue weighted by Gasteiger charge is -2.08. The first-order valence-corrected chi connectivity index (χ1v) is 5.34. The fourth-order valence-corrected chi connectivity index (χ4v) is 1.83.